The SMILES string of the molecule is CCCCC=C[SiH2]OC. The van der Waals surface area contributed by atoms with E-state index in [1.807, 2.05) is 0 Å². The van der Waals surface area contributed by atoms with Crippen LogP contribution in [0.15, 0.2) is 11.8 Å². The van der Waals surface area contributed by atoms with Gasteiger partial charge in [0.2, 0.25) is 0 Å². The molecule has 0 heterocycles. The van der Waals surface area contributed by atoms with Crippen LogP contribution >= 0.6 is 0 Å². The van der Waals surface area contributed by atoms with Crippen LogP contribution in [-0.2, 0) is 4.43 Å². The fraction of sp³-hybridized carbons (Fsp3) is 0.714. The first-order valence-electron chi connectivity index (χ1n) is 3.55. The van der Waals surface area contributed by atoms with Crippen molar-refractivity contribution in [2.75, 3.05) is 7.11 Å². The number of hydrogen-bond donors (Lipinski definition) is 0. The third-order valence-corrected chi connectivity index (χ3v) is 2.01. The smallest absolute Gasteiger partial charge is 0.184 e. The second kappa shape index (κ2) is 7.92. The lowest BCUT2D eigenvalue weighted by atomic mass is 10.2. The summed E-state index contributed by atoms with van der Waals surface area (Å²) in [5, 5.41) is 0. The minimum absolute atomic E-state index is 0.287. The molecule has 1 nitrogen and oxygen atoms in total. The summed E-state index contributed by atoms with van der Waals surface area (Å²) in [4.78, 5) is 0. The van der Waals surface area contributed by atoms with Gasteiger partial charge in [0.05, 0.1) is 0 Å². The van der Waals surface area contributed by atoms with E-state index in [1.165, 1.54) is 19.3 Å². The average Bonchev–Trinajstić information content (AvgIpc) is 1.89. The van der Waals surface area contributed by atoms with E-state index in [-0.39, 0.29) is 9.76 Å². The molecule has 0 saturated carbocycles. The number of rotatable bonds is 5. The fourth-order valence-electron chi connectivity index (χ4n) is 0.604. The Labute approximate surface area is 60.1 Å². The first-order chi connectivity index (χ1) is 4.41. The minimum atomic E-state index is -0.287. The van der Waals surface area contributed by atoms with Crippen LogP contribution in [0.2, 0.25) is 0 Å². The van der Waals surface area contributed by atoms with Gasteiger partial charge < -0.3 is 4.43 Å². The Hall–Kier alpha value is -0.0831. The molecule has 0 aromatic carbocycles. The molecule has 0 aliphatic heterocycles. The zero-order valence-electron chi connectivity index (χ0n) is 6.39. The molecular weight excluding hydrogens is 128 g/mol. The van der Waals surface area contributed by atoms with Crippen LogP contribution in [0.1, 0.15) is 26.2 Å². The normalized spacial score (nSPS) is 12.2. The molecule has 9 heavy (non-hydrogen) atoms. The summed E-state index contributed by atoms with van der Waals surface area (Å²) in [6, 6.07) is 0. The first-order valence-corrected chi connectivity index (χ1v) is 4.95. The van der Waals surface area contributed by atoms with E-state index in [1.54, 1.807) is 7.11 Å². The lowest BCUT2D eigenvalue weighted by molar-refractivity contribution is 0.449. The monoisotopic (exact) mass is 144 g/mol. The molecule has 0 rings (SSSR count). The highest BCUT2D eigenvalue weighted by Crippen LogP contribution is 1.93. The Morgan fingerprint density at radius 2 is 2.33 bits per heavy atom. The maximum absolute atomic E-state index is 4.97. The predicted octanol–water partition coefficient (Wildman–Crippen LogP) is 1.42. The molecule has 0 saturated heterocycles. The van der Waals surface area contributed by atoms with Gasteiger partial charge in [-0.1, -0.05) is 31.5 Å². The Bertz CT molecular complexity index is 71.3. The van der Waals surface area contributed by atoms with Crippen LogP contribution in [0, 0.1) is 0 Å². The van der Waals surface area contributed by atoms with E-state index in [2.05, 4.69) is 18.7 Å². The molecule has 0 fully saturated rings. The van der Waals surface area contributed by atoms with Gasteiger partial charge in [-0.2, -0.15) is 0 Å². The van der Waals surface area contributed by atoms with E-state index in [0.29, 0.717) is 0 Å². The summed E-state index contributed by atoms with van der Waals surface area (Å²) >= 11 is 0. The molecule has 0 N–H and O–H groups in total. The molecular formula is C7H16OSi. The van der Waals surface area contributed by atoms with Gasteiger partial charge in [-0.15, -0.1) is 0 Å². The second-order valence-electron chi connectivity index (χ2n) is 2.07. The van der Waals surface area contributed by atoms with Crippen molar-refractivity contribution in [1.82, 2.24) is 0 Å². The molecule has 0 unspecified atom stereocenters. The van der Waals surface area contributed by atoms with E-state index in [9.17, 15) is 0 Å². The number of allylic oxidation sites excluding steroid dienone is 1. The summed E-state index contributed by atoms with van der Waals surface area (Å²) in [6.07, 6.45) is 6.07. The summed E-state index contributed by atoms with van der Waals surface area (Å²) in [6.45, 7) is 2.21. The second-order valence-corrected chi connectivity index (χ2v) is 3.45. The molecule has 0 aromatic heterocycles. The molecule has 2 heteroatoms. The third-order valence-electron chi connectivity index (χ3n) is 1.15. The van der Waals surface area contributed by atoms with Gasteiger partial charge in [0.25, 0.3) is 0 Å². The highest BCUT2D eigenvalue weighted by Gasteiger charge is 1.77. The number of unbranched alkanes of at least 4 members (excludes halogenated alkanes) is 2. The molecule has 0 aliphatic carbocycles. The van der Waals surface area contributed by atoms with E-state index in [0.717, 1.165) is 0 Å². The van der Waals surface area contributed by atoms with Crippen molar-refractivity contribution in [3.8, 4) is 0 Å². The molecule has 0 bridgehead atoms. The summed E-state index contributed by atoms with van der Waals surface area (Å²) in [7, 11) is 1.49. The van der Waals surface area contributed by atoms with Crippen LogP contribution in [-0.4, -0.2) is 16.9 Å². The molecule has 0 aliphatic rings. The Morgan fingerprint density at radius 1 is 1.56 bits per heavy atom. The molecule has 0 spiro atoms. The first kappa shape index (κ1) is 8.92. The largest absolute Gasteiger partial charge is 0.422 e. The van der Waals surface area contributed by atoms with Gasteiger partial charge in [0, 0.05) is 7.11 Å². The van der Waals surface area contributed by atoms with E-state index in [4.69, 9.17) is 4.43 Å². The van der Waals surface area contributed by atoms with Gasteiger partial charge >= 0.3 is 0 Å². The van der Waals surface area contributed by atoms with E-state index >= 15 is 0 Å². The lowest BCUT2D eigenvalue weighted by Crippen LogP contribution is -1.85. The predicted molar refractivity (Wildman–Crippen MR) is 44.2 cm³/mol. The van der Waals surface area contributed by atoms with Crippen molar-refractivity contribution in [3.05, 3.63) is 11.8 Å². The molecule has 0 aromatic rings. The summed E-state index contributed by atoms with van der Waals surface area (Å²) < 4.78 is 4.97. The van der Waals surface area contributed by atoms with Gasteiger partial charge in [0.15, 0.2) is 9.76 Å². The third kappa shape index (κ3) is 7.92. The highest BCUT2D eigenvalue weighted by molar-refractivity contribution is 6.34. The molecule has 54 valence electrons. The molecule has 0 amide bonds. The molecule has 0 radical (unpaired) electrons. The van der Waals surface area contributed by atoms with Crippen molar-refractivity contribution in [1.29, 1.82) is 0 Å². The topological polar surface area (TPSA) is 9.23 Å². The van der Waals surface area contributed by atoms with Crippen molar-refractivity contribution < 1.29 is 4.43 Å². The van der Waals surface area contributed by atoms with Gasteiger partial charge in [-0.25, -0.2) is 0 Å². The van der Waals surface area contributed by atoms with Crippen molar-refractivity contribution in [3.63, 3.8) is 0 Å². The maximum Gasteiger partial charge on any atom is 0.184 e. The van der Waals surface area contributed by atoms with Crippen LogP contribution in [0.3, 0.4) is 0 Å². The highest BCUT2D eigenvalue weighted by atomic mass is 28.2. The Balaban J connectivity index is 2.86. The van der Waals surface area contributed by atoms with Gasteiger partial charge in [-0.3, -0.25) is 0 Å². The van der Waals surface area contributed by atoms with Crippen molar-refractivity contribution in [2.45, 2.75) is 26.2 Å². The van der Waals surface area contributed by atoms with Crippen LogP contribution in [0.25, 0.3) is 0 Å². The molecule has 0 atom stereocenters. The zero-order valence-corrected chi connectivity index (χ0v) is 7.81. The van der Waals surface area contributed by atoms with Gasteiger partial charge in [0.1, 0.15) is 0 Å². The van der Waals surface area contributed by atoms with Crippen LogP contribution < -0.4 is 0 Å². The van der Waals surface area contributed by atoms with Crippen molar-refractivity contribution >= 4 is 9.76 Å². The van der Waals surface area contributed by atoms with Crippen molar-refractivity contribution in [2.24, 2.45) is 0 Å². The lowest BCUT2D eigenvalue weighted by Gasteiger charge is -1.87. The zero-order chi connectivity index (χ0) is 6.95. The minimum Gasteiger partial charge on any atom is -0.422 e. The summed E-state index contributed by atoms with van der Waals surface area (Å²) in [5.41, 5.74) is 2.20. The number of hydrogen-bond acceptors (Lipinski definition) is 1. The Morgan fingerprint density at radius 3 is 2.89 bits per heavy atom. The van der Waals surface area contributed by atoms with Crippen LogP contribution in [0.4, 0.5) is 0 Å². The van der Waals surface area contributed by atoms with Gasteiger partial charge in [-0.05, 0) is 6.42 Å². The fourth-order valence-corrected chi connectivity index (χ4v) is 1.17. The average molecular weight is 144 g/mol. The van der Waals surface area contributed by atoms with Crippen LogP contribution in [0.5, 0.6) is 0 Å². The Kier molecular flexibility index (Phi) is 7.84. The quantitative estimate of drug-likeness (QED) is 0.419. The maximum atomic E-state index is 4.97. The summed E-state index contributed by atoms with van der Waals surface area (Å²) in [5.74, 6) is 0. The standard InChI is InChI=1S/C7H16OSi/c1-3-4-5-6-7-9-8-2/h6-7H,3-5,9H2,1-2H3. The van der Waals surface area contributed by atoms with E-state index < -0.39 is 0 Å².